The van der Waals surface area contributed by atoms with Gasteiger partial charge in [0.1, 0.15) is 0 Å². The number of aromatic nitrogens is 1. The van der Waals surface area contributed by atoms with Crippen LogP contribution in [0, 0.1) is 0 Å². The maximum Gasteiger partial charge on any atom is 0.233 e. The molecule has 0 spiro atoms. The van der Waals surface area contributed by atoms with Crippen molar-refractivity contribution < 1.29 is 23.1 Å². The van der Waals surface area contributed by atoms with Gasteiger partial charge in [0.05, 0.1) is 30.0 Å². The van der Waals surface area contributed by atoms with E-state index in [4.69, 9.17) is 8.92 Å². The number of carbonyl (C=O) groups is 1. The zero-order valence-corrected chi connectivity index (χ0v) is 15.1. The number of pyridine rings is 1. The van der Waals surface area contributed by atoms with Crippen molar-refractivity contribution >= 4 is 28.4 Å². The molecular formula is C18H22N2O5S. The second-order valence-corrected chi connectivity index (χ2v) is 7.36. The Kier molecular flexibility index (Phi) is 6.67. The van der Waals surface area contributed by atoms with Crippen LogP contribution in [0.25, 0.3) is 10.9 Å². The topological polar surface area (TPSA) is 89.0 Å². The first-order valence-corrected chi connectivity index (χ1v) is 9.81. The van der Waals surface area contributed by atoms with Crippen LogP contribution >= 0.6 is 0 Å². The summed E-state index contributed by atoms with van der Waals surface area (Å²) in [5.41, 5.74) is 1.92. The number of fused-ring (bicyclic) bond motifs is 1. The average molecular weight is 378 g/mol. The number of ether oxygens (including phenoxy) is 1. The van der Waals surface area contributed by atoms with Crippen molar-refractivity contribution in [3.05, 3.63) is 42.1 Å². The van der Waals surface area contributed by atoms with Crippen LogP contribution in [0.5, 0.6) is 0 Å². The van der Waals surface area contributed by atoms with E-state index in [9.17, 15) is 14.2 Å². The molecule has 1 aromatic carbocycles. The lowest BCUT2D eigenvalue weighted by Gasteiger charge is -2.26. The zero-order valence-electron chi connectivity index (χ0n) is 14.3. The van der Waals surface area contributed by atoms with Gasteiger partial charge in [-0.3, -0.25) is 19.2 Å². The Morgan fingerprint density at radius 2 is 2.31 bits per heavy atom. The quantitative estimate of drug-likeness (QED) is 0.407. The van der Waals surface area contributed by atoms with Gasteiger partial charge in [0.25, 0.3) is 0 Å². The van der Waals surface area contributed by atoms with E-state index in [1.807, 2.05) is 30.3 Å². The van der Waals surface area contributed by atoms with Gasteiger partial charge < -0.3 is 4.74 Å². The van der Waals surface area contributed by atoms with Crippen LogP contribution in [0.2, 0.25) is 0 Å². The standard InChI is InChI=1S/C18H22N2O5S/c21-13-20(22)17(18-6-3-8-24-18)12-26(23)25-9-7-14-10-15-4-1-2-5-16(15)19-11-14/h1-2,4-5,10-11,13,17-18,22H,3,6-9,12H2. The van der Waals surface area contributed by atoms with E-state index in [0.29, 0.717) is 24.5 Å². The van der Waals surface area contributed by atoms with Gasteiger partial charge in [-0.2, -0.15) is 0 Å². The van der Waals surface area contributed by atoms with Gasteiger partial charge in [0.15, 0.2) is 11.1 Å². The van der Waals surface area contributed by atoms with Crippen LogP contribution in [0.4, 0.5) is 0 Å². The molecule has 1 saturated heterocycles. The van der Waals surface area contributed by atoms with Crippen molar-refractivity contribution in [3.8, 4) is 0 Å². The average Bonchev–Trinajstić information content (AvgIpc) is 3.20. The lowest BCUT2D eigenvalue weighted by atomic mass is 10.1. The first kappa shape index (κ1) is 18.9. The molecule has 1 aromatic heterocycles. The first-order chi connectivity index (χ1) is 12.7. The molecule has 1 fully saturated rings. The maximum absolute atomic E-state index is 12.2. The Morgan fingerprint density at radius 1 is 1.46 bits per heavy atom. The number of amides is 1. The SMILES string of the molecule is O=CN(O)C(CS(=O)OCCc1cnc2ccccc2c1)C1CCCO1. The van der Waals surface area contributed by atoms with E-state index >= 15 is 0 Å². The summed E-state index contributed by atoms with van der Waals surface area (Å²) in [6.45, 7) is 0.841. The molecular weight excluding hydrogens is 356 g/mol. The highest BCUT2D eigenvalue weighted by Gasteiger charge is 2.32. The number of rotatable bonds is 9. The molecule has 0 radical (unpaired) electrons. The number of benzene rings is 1. The maximum atomic E-state index is 12.2. The van der Waals surface area contributed by atoms with Crippen LogP contribution < -0.4 is 0 Å². The minimum Gasteiger partial charge on any atom is -0.376 e. The molecule has 3 atom stereocenters. The molecule has 0 saturated carbocycles. The van der Waals surface area contributed by atoms with E-state index in [-0.39, 0.29) is 18.5 Å². The minimum absolute atomic E-state index is 0.00980. The van der Waals surface area contributed by atoms with E-state index in [0.717, 1.165) is 29.3 Å². The predicted octanol–water partition coefficient (Wildman–Crippen LogP) is 1.85. The highest BCUT2D eigenvalue weighted by Crippen LogP contribution is 2.19. The fourth-order valence-electron chi connectivity index (χ4n) is 3.03. The van der Waals surface area contributed by atoms with E-state index in [2.05, 4.69) is 4.98 Å². The van der Waals surface area contributed by atoms with E-state index in [1.165, 1.54) is 0 Å². The van der Waals surface area contributed by atoms with Crippen molar-refractivity contribution in [3.63, 3.8) is 0 Å². The molecule has 1 aliphatic rings. The Bertz CT molecular complexity index is 766. The van der Waals surface area contributed by atoms with Crippen molar-refractivity contribution in [2.24, 2.45) is 0 Å². The van der Waals surface area contributed by atoms with Crippen molar-refractivity contribution in [2.45, 2.75) is 31.4 Å². The number of nitrogens with zero attached hydrogens (tertiary/aromatic N) is 2. The predicted molar refractivity (Wildman–Crippen MR) is 96.9 cm³/mol. The smallest absolute Gasteiger partial charge is 0.233 e. The summed E-state index contributed by atoms with van der Waals surface area (Å²) in [7, 11) is 0. The Hall–Kier alpha value is -1.87. The van der Waals surface area contributed by atoms with E-state index in [1.54, 1.807) is 6.20 Å². The highest BCUT2D eigenvalue weighted by atomic mass is 32.2. The van der Waals surface area contributed by atoms with Crippen LogP contribution in [0.1, 0.15) is 18.4 Å². The molecule has 1 aliphatic heterocycles. The normalized spacial score (nSPS) is 19.3. The third-order valence-corrected chi connectivity index (χ3v) is 5.44. The first-order valence-electron chi connectivity index (χ1n) is 8.57. The lowest BCUT2D eigenvalue weighted by molar-refractivity contribution is -0.168. The summed E-state index contributed by atoms with van der Waals surface area (Å²) in [5.74, 6) is 0.00980. The second-order valence-electron chi connectivity index (χ2n) is 6.18. The van der Waals surface area contributed by atoms with Crippen LogP contribution in [0.15, 0.2) is 36.5 Å². The Labute approximate surface area is 154 Å². The second kappa shape index (κ2) is 9.18. The third-order valence-electron chi connectivity index (χ3n) is 4.40. The number of carbonyl (C=O) groups excluding carboxylic acids is 1. The Balaban J connectivity index is 1.51. The third kappa shape index (κ3) is 4.85. The van der Waals surface area contributed by atoms with Gasteiger partial charge in [-0.05, 0) is 37.0 Å². The van der Waals surface area contributed by atoms with Gasteiger partial charge in [-0.1, -0.05) is 18.2 Å². The Morgan fingerprint density at radius 3 is 3.08 bits per heavy atom. The van der Waals surface area contributed by atoms with Crippen LogP contribution in [-0.2, 0) is 31.2 Å². The molecule has 0 bridgehead atoms. The summed E-state index contributed by atoms with van der Waals surface area (Å²) < 4.78 is 23.1. The lowest BCUT2D eigenvalue weighted by Crippen LogP contribution is -2.44. The monoisotopic (exact) mass is 378 g/mol. The van der Waals surface area contributed by atoms with Crippen molar-refractivity contribution in [1.29, 1.82) is 0 Å². The molecule has 8 heteroatoms. The number of hydrogen-bond donors (Lipinski definition) is 1. The molecule has 7 nitrogen and oxygen atoms in total. The molecule has 2 aromatic rings. The molecule has 2 heterocycles. The molecule has 3 unspecified atom stereocenters. The van der Waals surface area contributed by atoms with E-state index < -0.39 is 17.1 Å². The molecule has 1 amide bonds. The number of hydrogen-bond acceptors (Lipinski definition) is 6. The minimum atomic E-state index is -1.63. The van der Waals surface area contributed by atoms with Crippen LogP contribution in [0.3, 0.4) is 0 Å². The highest BCUT2D eigenvalue weighted by molar-refractivity contribution is 7.80. The molecule has 0 aliphatic carbocycles. The molecule has 1 N–H and O–H groups in total. The summed E-state index contributed by atoms with van der Waals surface area (Å²) >= 11 is -1.63. The van der Waals surface area contributed by atoms with Gasteiger partial charge in [0, 0.05) is 18.2 Å². The summed E-state index contributed by atoms with van der Waals surface area (Å²) in [4.78, 5) is 15.3. The fourth-order valence-corrected chi connectivity index (χ4v) is 4.04. The molecule has 140 valence electrons. The fraction of sp³-hybridized carbons (Fsp3) is 0.444. The van der Waals surface area contributed by atoms with Gasteiger partial charge in [0.2, 0.25) is 6.41 Å². The molecule has 3 rings (SSSR count). The van der Waals surface area contributed by atoms with Gasteiger partial charge in [-0.15, -0.1) is 0 Å². The summed E-state index contributed by atoms with van der Waals surface area (Å²) in [5, 5.41) is 11.3. The van der Waals surface area contributed by atoms with Crippen molar-refractivity contribution in [1.82, 2.24) is 10.0 Å². The number of hydroxylamine groups is 2. The van der Waals surface area contributed by atoms with Crippen LogP contribution in [-0.4, -0.2) is 57.0 Å². The summed E-state index contributed by atoms with van der Waals surface area (Å²) in [6.07, 6.45) is 3.93. The van der Waals surface area contributed by atoms with Gasteiger partial charge >= 0.3 is 0 Å². The number of para-hydroxylation sites is 1. The summed E-state index contributed by atoms with van der Waals surface area (Å²) in [6, 6.07) is 9.20. The van der Waals surface area contributed by atoms with Gasteiger partial charge in [-0.25, -0.2) is 9.27 Å². The van der Waals surface area contributed by atoms with Crippen molar-refractivity contribution in [2.75, 3.05) is 19.0 Å². The zero-order chi connectivity index (χ0) is 18.4. The largest absolute Gasteiger partial charge is 0.376 e. The molecule has 26 heavy (non-hydrogen) atoms.